The number of rotatable bonds is 5. The fraction of sp³-hybridized carbons (Fsp3) is 0.429. The number of hydrogen-bond acceptors (Lipinski definition) is 3. The molecule has 1 fully saturated rings. The van der Waals surface area contributed by atoms with E-state index < -0.39 is 9.84 Å². The minimum absolute atomic E-state index is 0.292. The first-order valence-corrected chi connectivity index (χ1v) is 8.10. The van der Waals surface area contributed by atoms with Gasteiger partial charge in [-0.15, -0.1) is 0 Å². The maximum absolute atomic E-state index is 11.3. The molecule has 0 spiro atoms. The van der Waals surface area contributed by atoms with E-state index in [0.717, 1.165) is 19.5 Å². The largest absolute Gasteiger partial charge is 0.313 e. The lowest BCUT2D eigenvalue weighted by Crippen LogP contribution is -2.23. The highest BCUT2D eigenvalue weighted by Gasteiger charge is 2.26. The summed E-state index contributed by atoms with van der Waals surface area (Å²) in [7, 11) is -2.74. The molecule has 0 aromatic heterocycles. The molecule has 0 aliphatic carbocycles. The lowest BCUT2D eigenvalue weighted by molar-refractivity contribution is 0.540. The van der Waals surface area contributed by atoms with Crippen molar-refractivity contribution in [2.24, 2.45) is 5.92 Å². The minimum Gasteiger partial charge on any atom is -0.313 e. The Hall–Kier alpha value is -1.13. The van der Waals surface area contributed by atoms with Gasteiger partial charge in [-0.3, -0.25) is 0 Å². The Morgan fingerprint density at radius 1 is 1.28 bits per heavy atom. The summed E-state index contributed by atoms with van der Waals surface area (Å²) in [5, 5.41) is 3.28. The van der Waals surface area contributed by atoms with E-state index in [-0.39, 0.29) is 0 Å². The molecule has 18 heavy (non-hydrogen) atoms. The molecule has 3 nitrogen and oxygen atoms in total. The molecule has 1 unspecified atom stereocenters. The Morgan fingerprint density at radius 3 is 2.72 bits per heavy atom. The summed E-state index contributed by atoms with van der Waals surface area (Å²) in [6.45, 7) is 1.57. The van der Waals surface area contributed by atoms with Gasteiger partial charge < -0.3 is 5.32 Å². The van der Waals surface area contributed by atoms with E-state index in [9.17, 15) is 8.42 Å². The summed E-state index contributed by atoms with van der Waals surface area (Å²) >= 11 is 0. The van der Waals surface area contributed by atoms with Crippen LogP contribution in [0.15, 0.2) is 36.4 Å². The number of benzene rings is 1. The lowest BCUT2D eigenvalue weighted by atomic mass is 10.1. The van der Waals surface area contributed by atoms with E-state index in [1.165, 1.54) is 5.56 Å². The van der Waals surface area contributed by atoms with Crippen LogP contribution in [0.5, 0.6) is 0 Å². The molecule has 0 saturated carbocycles. The second-order valence-electron chi connectivity index (χ2n) is 4.74. The summed E-state index contributed by atoms with van der Waals surface area (Å²) < 4.78 is 22.5. The molecule has 0 radical (unpaired) electrons. The van der Waals surface area contributed by atoms with Crippen LogP contribution >= 0.6 is 0 Å². The summed E-state index contributed by atoms with van der Waals surface area (Å²) in [6.07, 6.45) is 4.94. The molecule has 1 atom stereocenters. The topological polar surface area (TPSA) is 46.2 Å². The predicted octanol–water partition coefficient (Wildman–Crippen LogP) is 1.72. The highest BCUT2D eigenvalue weighted by atomic mass is 32.2. The van der Waals surface area contributed by atoms with Crippen molar-refractivity contribution in [3.63, 3.8) is 0 Å². The maximum atomic E-state index is 11.3. The first kappa shape index (κ1) is 13.3. The van der Waals surface area contributed by atoms with Crippen LogP contribution in [0.2, 0.25) is 0 Å². The molecule has 1 aromatic rings. The SMILES string of the molecule is O=S1(=O)CCC(CNC/C=C/c2ccccc2)C1. The highest BCUT2D eigenvalue weighted by Crippen LogP contribution is 2.17. The van der Waals surface area contributed by atoms with Crippen LogP contribution in [0.25, 0.3) is 6.08 Å². The molecule has 1 N–H and O–H groups in total. The van der Waals surface area contributed by atoms with Crippen molar-refractivity contribution >= 4 is 15.9 Å². The van der Waals surface area contributed by atoms with Gasteiger partial charge in [0, 0.05) is 6.54 Å². The third-order valence-electron chi connectivity index (χ3n) is 3.13. The van der Waals surface area contributed by atoms with Crippen LogP contribution in [0.4, 0.5) is 0 Å². The zero-order valence-electron chi connectivity index (χ0n) is 10.4. The molecule has 1 heterocycles. The third kappa shape index (κ3) is 4.27. The summed E-state index contributed by atoms with van der Waals surface area (Å²) in [4.78, 5) is 0. The van der Waals surface area contributed by atoms with Gasteiger partial charge in [-0.2, -0.15) is 0 Å². The van der Waals surface area contributed by atoms with Crippen molar-refractivity contribution in [2.75, 3.05) is 24.6 Å². The smallest absolute Gasteiger partial charge is 0.150 e. The van der Waals surface area contributed by atoms with Crippen molar-refractivity contribution in [3.05, 3.63) is 42.0 Å². The van der Waals surface area contributed by atoms with Crippen LogP contribution in [0, 0.1) is 5.92 Å². The second-order valence-corrected chi connectivity index (χ2v) is 6.97. The van der Waals surface area contributed by atoms with Gasteiger partial charge >= 0.3 is 0 Å². The lowest BCUT2D eigenvalue weighted by Gasteiger charge is -2.07. The van der Waals surface area contributed by atoms with E-state index in [1.54, 1.807) is 0 Å². The van der Waals surface area contributed by atoms with Crippen molar-refractivity contribution in [3.8, 4) is 0 Å². The number of sulfone groups is 1. The third-order valence-corrected chi connectivity index (χ3v) is 4.97. The Balaban J connectivity index is 1.66. The Kier molecular flexibility index (Phi) is 4.55. The summed E-state index contributed by atoms with van der Waals surface area (Å²) in [5.74, 6) is 1.00. The predicted molar refractivity (Wildman–Crippen MR) is 75.1 cm³/mol. The average molecular weight is 265 g/mol. The van der Waals surface area contributed by atoms with Crippen molar-refractivity contribution < 1.29 is 8.42 Å². The van der Waals surface area contributed by atoms with E-state index in [1.807, 2.05) is 18.2 Å². The Morgan fingerprint density at radius 2 is 2.06 bits per heavy atom. The van der Waals surface area contributed by atoms with Crippen molar-refractivity contribution in [1.82, 2.24) is 5.32 Å². The van der Waals surface area contributed by atoms with Crippen molar-refractivity contribution in [2.45, 2.75) is 6.42 Å². The molecule has 1 aromatic carbocycles. The van der Waals surface area contributed by atoms with Gasteiger partial charge in [0.05, 0.1) is 11.5 Å². The quantitative estimate of drug-likeness (QED) is 0.825. The molecule has 4 heteroatoms. The first-order valence-electron chi connectivity index (χ1n) is 6.28. The summed E-state index contributed by atoms with van der Waals surface area (Å²) in [6, 6.07) is 10.1. The van der Waals surface area contributed by atoms with Crippen LogP contribution in [0.3, 0.4) is 0 Å². The van der Waals surface area contributed by atoms with E-state index in [4.69, 9.17) is 0 Å². The maximum Gasteiger partial charge on any atom is 0.150 e. The molecule has 0 amide bonds. The Labute approximate surface area is 109 Å². The van der Waals surface area contributed by atoms with E-state index in [0.29, 0.717) is 17.4 Å². The molecule has 0 bridgehead atoms. The van der Waals surface area contributed by atoms with E-state index >= 15 is 0 Å². The fourth-order valence-electron chi connectivity index (χ4n) is 2.16. The molecule has 98 valence electrons. The van der Waals surface area contributed by atoms with Crippen LogP contribution in [-0.2, 0) is 9.84 Å². The monoisotopic (exact) mass is 265 g/mol. The molecule has 1 aliphatic heterocycles. The molecule has 1 saturated heterocycles. The first-order chi connectivity index (χ1) is 8.66. The molecule has 2 rings (SSSR count). The molecule has 1 aliphatic rings. The summed E-state index contributed by atoms with van der Waals surface area (Å²) in [5.41, 5.74) is 1.18. The van der Waals surface area contributed by atoms with E-state index in [2.05, 4.69) is 29.6 Å². The van der Waals surface area contributed by atoms with Crippen LogP contribution in [0.1, 0.15) is 12.0 Å². The van der Waals surface area contributed by atoms with Gasteiger partial charge in [0.1, 0.15) is 0 Å². The van der Waals surface area contributed by atoms with Gasteiger partial charge in [-0.1, -0.05) is 42.5 Å². The van der Waals surface area contributed by atoms with Crippen LogP contribution in [-0.4, -0.2) is 33.0 Å². The van der Waals surface area contributed by atoms with Gasteiger partial charge in [0.2, 0.25) is 0 Å². The molecular formula is C14H19NO2S. The fourth-order valence-corrected chi connectivity index (χ4v) is 4.02. The Bertz CT molecular complexity index is 494. The zero-order chi connectivity index (χ0) is 12.8. The van der Waals surface area contributed by atoms with Crippen molar-refractivity contribution in [1.29, 1.82) is 0 Å². The minimum atomic E-state index is -2.74. The van der Waals surface area contributed by atoms with Gasteiger partial charge in [0.15, 0.2) is 9.84 Å². The van der Waals surface area contributed by atoms with Gasteiger partial charge in [-0.05, 0) is 24.4 Å². The highest BCUT2D eigenvalue weighted by molar-refractivity contribution is 7.91. The van der Waals surface area contributed by atoms with Gasteiger partial charge in [-0.25, -0.2) is 8.42 Å². The standard InChI is InChI=1S/C14H19NO2S/c16-18(17)10-8-14(12-18)11-15-9-4-7-13-5-2-1-3-6-13/h1-7,14-15H,8-12H2/b7-4+. The number of nitrogens with one attached hydrogen (secondary N) is 1. The second kappa shape index (κ2) is 6.16. The molecular weight excluding hydrogens is 246 g/mol. The normalized spacial score (nSPS) is 22.6. The van der Waals surface area contributed by atoms with Crippen LogP contribution < -0.4 is 5.32 Å². The zero-order valence-corrected chi connectivity index (χ0v) is 11.2. The number of hydrogen-bond donors (Lipinski definition) is 1. The van der Waals surface area contributed by atoms with Gasteiger partial charge in [0.25, 0.3) is 0 Å². The average Bonchev–Trinajstić information content (AvgIpc) is 2.70.